The fourth-order valence-corrected chi connectivity index (χ4v) is 1.53. The molecule has 1 heterocycles. The number of hydrogen-bond donors (Lipinski definition) is 1. The largest absolute Gasteiger partial charge is 0.399 e. The van der Waals surface area contributed by atoms with E-state index in [2.05, 4.69) is 9.97 Å². The SMILES string of the molecule is Cc1ccc(N)cc1-c1cncc(Cl)n1. The minimum absolute atomic E-state index is 0.384. The molecule has 2 N–H and O–H groups in total. The fourth-order valence-electron chi connectivity index (χ4n) is 1.39. The number of halogens is 1. The number of aryl methyl sites for hydroxylation is 1. The van der Waals surface area contributed by atoms with Gasteiger partial charge in [0.25, 0.3) is 0 Å². The van der Waals surface area contributed by atoms with Crippen LogP contribution in [0.3, 0.4) is 0 Å². The molecule has 3 nitrogen and oxygen atoms in total. The molecule has 15 heavy (non-hydrogen) atoms. The highest BCUT2D eigenvalue weighted by Crippen LogP contribution is 2.23. The first-order chi connectivity index (χ1) is 7.16. The van der Waals surface area contributed by atoms with Gasteiger partial charge in [0.2, 0.25) is 0 Å². The first-order valence-electron chi connectivity index (χ1n) is 4.51. The summed E-state index contributed by atoms with van der Waals surface area (Å²) in [6.45, 7) is 2.00. The number of rotatable bonds is 1. The Labute approximate surface area is 92.9 Å². The molecule has 0 aliphatic carbocycles. The van der Waals surface area contributed by atoms with Crippen LogP contribution in [0.1, 0.15) is 5.56 Å². The molecule has 0 atom stereocenters. The van der Waals surface area contributed by atoms with E-state index in [0.29, 0.717) is 10.8 Å². The molecule has 0 spiro atoms. The predicted molar refractivity (Wildman–Crippen MR) is 61.6 cm³/mol. The Morgan fingerprint density at radius 1 is 1.27 bits per heavy atom. The molecule has 0 radical (unpaired) electrons. The lowest BCUT2D eigenvalue weighted by Gasteiger charge is -2.05. The third kappa shape index (κ3) is 2.07. The summed E-state index contributed by atoms with van der Waals surface area (Å²) < 4.78 is 0. The van der Waals surface area contributed by atoms with Crippen LogP contribution in [0.4, 0.5) is 5.69 Å². The third-order valence-electron chi connectivity index (χ3n) is 2.14. The van der Waals surface area contributed by atoms with Gasteiger partial charge in [0.15, 0.2) is 0 Å². The first-order valence-corrected chi connectivity index (χ1v) is 4.88. The Balaban J connectivity index is 2.58. The predicted octanol–water partition coefficient (Wildman–Crippen LogP) is 2.69. The van der Waals surface area contributed by atoms with E-state index in [4.69, 9.17) is 17.3 Å². The lowest BCUT2D eigenvalue weighted by atomic mass is 10.1. The van der Waals surface area contributed by atoms with E-state index in [9.17, 15) is 0 Å². The van der Waals surface area contributed by atoms with Crippen molar-refractivity contribution in [1.29, 1.82) is 0 Å². The van der Waals surface area contributed by atoms with Crippen LogP contribution in [0, 0.1) is 6.92 Å². The van der Waals surface area contributed by atoms with Crippen molar-refractivity contribution >= 4 is 17.3 Å². The van der Waals surface area contributed by atoms with E-state index in [0.717, 1.165) is 16.8 Å². The van der Waals surface area contributed by atoms with Gasteiger partial charge in [-0.25, -0.2) is 4.98 Å². The number of nitrogens with zero attached hydrogens (tertiary/aromatic N) is 2. The average Bonchev–Trinajstić information content (AvgIpc) is 2.22. The molecule has 76 valence electrons. The Bertz CT molecular complexity index is 497. The van der Waals surface area contributed by atoms with E-state index in [1.165, 1.54) is 6.20 Å². The lowest BCUT2D eigenvalue weighted by molar-refractivity contribution is 1.20. The van der Waals surface area contributed by atoms with Crippen LogP contribution in [0.2, 0.25) is 5.15 Å². The van der Waals surface area contributed by atoms with Gasteiger partial charge in [0.1, 0.15) is 5.15 Å². The molecular formula is C11H10ClN3. The van der Waals surface area contributed by atoms with Crippen molar-refractivity contribution < 1.29 is 0 Å². The normalized spacial score (nSPS) is 10.3. The van der Waals surface area contributed by atoms with Crippen molar-refractivity contribution in [1.82, 2.24) is 9.97 Å². The molecule has 0 unspecified atom stereocenters. The first kappa shape index (κ1) is 9.93. The van der Waals surface area contributed by atoms with Crippen molar-refractivity contribution in [2.24, 2.45) is 0 Å². The summed E-state index contributed by atoms with van der Waals surface area (Å²) in [6.07, 6.45) is 3.18. The molecule has 0 fully saturated rings. The molecule has 1 aromatic heterocycles. The van der Waals surface area contributed by atoms with Gasteiger partial charge < -0.3 is 5.73 Å². The maximum atomic E-state index is 5.78. The molecule has 2 rings (SSSR count). The number of nitrogen functional groups attached to an aromatic ring is 1. The summed E-state index contributed by atoms with van der Waals surface area (Å²) in [5.74, 6) is 0. The van der Waals surface area contributed by atoms with Crippen molar-refractivity contribution in [2.45, 2.75) is 6.92 Å². The highest BCUT2D eigenvalue weighted by atomic mass is 35.5. The zero-order valence-electron chi connectivity index (χ0n) is 8.24. The van der Waals surface area contributed by atoms with Crippen molar-refractivity contribution in [3.63, 3.8) is 0 Å². The van der Waals surface area contributed by atoms with E-state index in [1.54, 1.807) is 6.20 Å². The Kier molecular flexibility index (Phi) is 2.56. The molecule has 0 aliphatic rings. The summed E-state index contributed by atoms with van der Waals surface area (Å²) in [5.41, 5.74) is 9.23. The van der Waals surface area contributed by atoms with Gasteiger partial charge in [-0.3, -0.25) is 4.98 Å². The maximum absolute atomic E-state index is 5.78. The van der Waals surface area contributed by atoms with Gasteiger partial charge in [-0.1, -0.05) is 17.7 Å². The Morgan fingerprint density at radius 3 is 2.80 bits per heavy atom. The zero-order chi connectivity index (χ0) is 10.8. The van der Waals surface area contributed by atoms with Crippen LogP contribution >= 0.6 is 11.6 Å². The van der Waals surface area contributed by atoms with Crippen LogP contribution in [-0.4, -0.2) is 9.97 Å². The molecule has 1 aromatic carbocycles. The molecule has 0 saturated carbocycles. The Hall–Kier alpha value is -1.61. The summed E-state index contributed by atoms with van der Waals surface area (Å²) in [7, 11) is 0. The van der Waals surface area contributed by atoms with Crippen molar-refractivity contribution in [3.8, 4) is 11.3 Å². The summed E-state index contributed by atoms with van der Waals surface area (Å²) in [5, 5.41) is 0.384. The molecule has 0 amide bonds. The van der Waals surface area contributed by atoms with E-state index < -0.39 is 0 Å². The van der Waals surface area contributed by atoms with E-state index in [-0.39, 0.29) is 0 Å². The second-order valence-electron chi connectivity index (χ2n) is 3.30. The Morgan fingerprint density at radius 2 is 2.07 bits per heavy atom. The minimum atomic E-state index is 0.384. The molecule has 0 bridgehead atoms. The van der Waals surface area contributed by atoms with Gasteiger partial charge in [-0.15, -0.1) is 0 Å². The topological polar surface area (TPSA) is 51.8 Å². The smallest absolute Gasteiger partial charge is 0.148 e. The van der Waals surface area contributed by atoms with E-state index >= 15 is 0 Å². The summed E-state index contributed by atoms with van der Waals surface area (Å²) >= 11 is 5.78. The molecule has 0 aliphatic heterocycles. The molecular weight excluding hydrogens is 210 g/mol. The quantitative estimate of drug-likeness (QED) is 0.751. The zero-order valence-corrected chi connectivity index (χ0v) is 8.99. The van der Waals surface area contributed by atoms with Crippen molar-refractivity contribution in [3.05, 3.63) is 41.3 Å². The fraction of sp³-hybridized carbons (Fsp3) is 0.0909. The standard InChI is InChI=1S/C11H10ClN3/c1-7-2-3-8(13)4-9(7)10-5-14-6-11(12)15-10/h2-6H,13H2,1H3. The number of hydrogen-bond acceptors (Lipinski definition) is 3. The summed E-state index contributed by atoms with van der Waals surface area (Å²) in [6, 6.07) is 5.68. The molecule has 2 aromatic rings. The number of nitrogens with two attached hydrogens (primary N) is 1. The third-order valence-corrected chi connectivity index (χ3v) is 2.32. The van der Waals surface area contributed by atoms with Gasteiger partial charge in [0, 0.05) is 11.3 Å². The number of aromatic nitrogens is 2. The van der Waals surface area contributed by atoms with Gasteiger partial charge >= 0.3 is 0 Å². The molecule has 0 saturated heterocycles. The van der Waals surface area contributed by atoms with Crippen LogP contribution in [0.25, 0.3) is 11.3 Å². The van der Waals surface area contributed by atoms with Gasteiger partial charge in [-0.05, 0) is 24.6 Å². The van der Waals surface area contributed by atoms with E-state index in [1.807, 2.05) is 25.1 Å². The second kappa shape index (κ2) is 3.87. The number of anilines is 1. The van der Waals surface area contributed by atoms with Crippen LogP contribution in [0.15, 0.2) is 30.6 Å². The minimum Gasteiger partial charge on any atom is -0.399 e. The van der Waals surface area contributed by atoms with Crippen LogP contribution in [0.5, 0.6) is 0 Å². The van der Waals surface area contributed by atoms with Crippen molar-refractivity contribution in [2.75, 3.05) is 5.73 Å². The average molecular weight is 220 g/mol. The van der Waals surface area contributed by atoms with Crippen LogP contribution in [-0.2, 0) is 0 Å². The lowest BCUT2D eigenvalue weighted by Crippen LogP contribution is -1.92. The maximum Gasteiger partial charge on any atom is 0.148 e. The number of benzene rings is 1. The molecule has 4 heteroatoms. The summed E-state index contributed by atoms with van der Waals surface area (Å²) in [4.78, 5) is 8.19. The van der Waals surface area contributed by atoms with Gasteiger partial charge in [-0.2, -0.15) is 0 Å². The highest BCUT2D eigenvalue weighted by Gasteiger charge is 2.04. The second-order valence-corrected chi connectivity index (χ2v) is 3.69. The monoisotopic (exact) mass is 219 g/mol. The highest BCUT2D eigenvalue weighted by molar-refractivity contribution is 6.29. The van der Waals surface area contributed by atoms with Crippen LogP contribution < -0.4 is 5.73 Å². The van der Waals surface area contributed by atoms with Gasteiger partial charge in [0.05, 0.1) is 18.1 Å².